The summed E-state index contributed by atoms with van der Waals surface area (Å²) in [6, 6.07) is 1.31. The Morgan fingerprint density at radius 2 is 2.17 bits per heavy atom. The van der Waals surface area contributed by atoms with Gasteiger partial charge in [0.05, 0.1) is 18.1 Å². The van der Waals surface area contributed by atoms with Crippen molar-refractivity contribution >= 4 is 23.2 Å². The molecule has 1 saturated heterocycles. The van der Waals surface area contributed by atoms with Gasteiger partial charge >= 0.3 is 5.69 Å². The van der Waals surface area contributed by atoms with Crippen molar-refractivity contribution in [2.24, 2.45) is 0 Å². The van der Waals surface area contributed by atoms with E-state index in [-0.39, 0.29) is 10.7 Å². The Morgan fingerprint density at radius 3 is 2.78 bits per heavy atom. The zero-order valence-electron chi connectivity index (χ0n) is 9.34. The lowest BCUT2D eigenvalue weighted by Crippen LogP contribution is -2.40. The fraction of sp³-hybridized carbons (Fsp3) is 0.400. The van der Waals surface area contributed by atoms with E-state index in [2.05, 4.69) is 4.98 Å². The molecule has 1 aromatic rings. The van der Waals surface area contributed by atoms with Gasteiger partial charge in [-0.05, 0) is 6.07 Å². The van der Waals surface area contributed by atoms with E-state index < -0.39 is 16.5 Å². The molecule has 0 aromatic carbocycles. The predicted octanol–water partition coefficient (Wildman–Crippen LogP) is 1.12. The Bertz CT molecular complexity index is 488. The van der Waals surface area contributed by atoms with Gasteiger partial charge in [0.25, 0.3) is 5.91 Å². The minimum absolute atomic E-state index is 0.0399. The number of carbonyl (C=O) groups is 1. The van der Waals surface area contributed by atoms with Crippen LogP contribution in [0.4, 0.5) is 5.69 Å². The molecule has 1 aromatic heterocycles. The van der Waals surface area contributed by atoms with E-state index in [9.17, 15) is 14.9 Å². The highest BCUT2D eigenvalue weighted by molar-refractivity contribution is 6.32. The second kappa shape index (κ2) is 5.28. The summed E-state index contributed by atoms with van der Waals surface area (Å²) in [6.45, 7) is 1.68. The second-order valence-corrected chi connectivity index (χ2v) is 4.02. The van der Waals surface area contributed by atoms with Gasteiger partial charge in [0.2, 0.25) is 5.15 Å². The molecule has 0 N–H and O–H groups in total. The lowest BCUT2D eigenvalue weighted by Gasteiger charge is -2.26. The van der Waals surface area contributed by atoms with E-state index in [1.165, 1.54) is 17.2 Å². The van der Waals surface area contributed by atoms with Crippen molar-refractivity contribution in [3.8, 4) is 0 Å². The molecule has 1 aliphatic heterocycles. The molecule has 0 saturated carbocycles. The van der Waals surface area contributed by atoms with E-state index in [0.29, 0.717) is 26.3 Å². The Balaban J connectivity index is 2.35. The molecule has 1 fully saturated rings. The minimum Gasteiger partial charge on any atom is -0.378 e. The Kier molecular flexibility index (Phi) is 3.73. The van der Waals surface area contributed by atoms with E-state index in [0.717, 1.165) is 0 Å². The highest BCUT2D eigenvalue weighted by Crippen LogP contribution is 2.27. The van der Waals surface area contributed by atoms with E-state index in [1.807, 2.05) is 0 Å². The van der Waals surface area contributed by atoms with Gasteiger partial charge in [-0.2, -0.15) is 0 Å². The van der Waals surface area contributed by atoms with Crippen molar-refractivity contribution in [3.05, 3.63) is 33.1 Å². The number of nitro groups is 1. The molecule has 0 bridgehead atoms. The Labute approximate surface area is 107 Å². The molecule has 0 radical (unpaired) electrons. The van der Waals surface area contributed by atoms with Crippen molar-refractivity contribution in [2.45, 2.75) is 0 Å². The Morgan fingerprint density at radius 1 is 1.50 bits per heavy atom. The first-order valence-electron chi connectivity index (χ1n) is 5.27. The van der Waals surface area contributed by atoms with Gasteiger partial charge in [0.15, 0.2) is 0 Å². The van der Waals surface area contributed by atoms with E-state index in [1.54, 1.807) is 0 Å². The molecular formula is C10H10ClN3O4. The first kappa shape index (κ1) is 12.7. The normalized spacial score (nSPS) is 15.5. The predicted molar refractivity (Wildman–Crippen MR) is 62.6 cm³/mol. The average Bonchev–Trinajstić information content (AvgIpc) is 2.38. The molecule has 0 unspecified atom stereocenters. The number of halogens is 1. The molecule has 2 heterocycles. The maximum atomic E-state index is 12.2. The third-order valence-corrected chi connectivity index (χ3v) is 2.87. The fourth-order valence-electron chi connectivity index (χ4n) is 1.71. The zero-order valence-corrected chi connectivity index (χ0v) is 10.1. The van der Waals surface area contributed by atoms with Gasteiger partial charge in [0.1, 0.15) is 5.56 Å². The van der Waals surface area contributed by atoms with Gasteiger partial charge in [-0.15, -0.1) is 0 Å². The molecule has 1 amide bonds. The number of amides is 1. The van der Waals surface area contributed by atoms with Crippen molar-refractivity contribution in [1.82, 2.24) is 9.88 Å². The number of morpholine rings is 1. The molecule has 96 valence electrons. The lowest BCUT2D eigenvalue weighted by atomic mass is 10.2. The van der Waals surface area contributed by atoms with Gasteiger partial charge in [0, 0.05) is 19.3 Å². The SMILES string of the molecule is O=C(c1ccnc(Cl)c1[N+](=O)[O-])N1CCOCC1. The van der Waals surface area contributed by atoms with Crippen LogP contribution in [0.2, 0.25) is 5.15 Å². The molecule has 0 aliphatic carbocycles. The number of pyridine rings is 1. The van der Waals surface area contributed by atoms with Crippen LogP contribution in [0.3, 0.4) is 0 Å². The number of ether oxygens (including phenoxy) is 1. The third kappa shape index (κ3) is 2.41. The van der Waals surface area contributed by atoms with Crippen LogP contribution >= 0.6 is 11.6 Å². The van der Waals surface area contributed by atoms with Crippen LogP contribution in [-0.4, -0.2) is 47.0 Å². The van der Waals surface area contributed by atoms with Gasteiger partial charge in [-0.1, -0.05) is 11.6 Å². The van der Waals surface area contributed by atoms with Crippen LogP contribution in [0, 0.1) is 10.1 Å². The standard InChI is InChI=1S/C10H10ClN3O4/c11-9-8(14(16)17)7(1-2-12-9)10(15)13-3-5-18-6-4-13/h1-2H,3-6H2. The van der Waals surface area contributed by atoms with E-state index in [4.69, 9.17) is 16.3 Å². The van der Waals surface area contributed by atoms with Crippen LogP contribution in [0.15, 0.2) is 12.3 Å². The van der Waals surface area contributed by atoms with Crippen molar-refractivity contribution in [3.63, 3.8) is 0 Å². The monoisotopic (exact) mass is 271 g/mol. The zero-order chi connectivity index (χ0) is 13.1. The molecule has 18 heavy (non-hydrogen) atoms. The van der Waals surface area contributed by atoms with Crippen LogP contribution < -0.4 is 0 Å². The molecule has 8 heteroatoms. The molecular weight excluding hydrogens is 262 g/mol. The molecule has 0 spiro atoms. The summed E-state index contributed by atoms with van der Waals surface area (Å²) < 4.78 is 5.12. The summed E-state index contributed by atoms with van der Waals surface area (Å²) >= 11 is 5.66. The lowest BCUT2D eigenvalue weighted by molar-refractivity contribution is -0.385. The fourth-order valence-corrected chi connectivity index (χ4v) is 1.94. The number of carbonyl (C=O) groups excluding carboxylic acids is 1. The number of rotatable bonds is 2. The molecule has 1 aliphatic rings. The summed E-state index contributed by atoms with van der Waals surface area (Å²) in [7, 11) is 0. The largest absolute Gasteiger partial charge is 0.378 e. The van der Waals surface area contributed by atoms with Gasteiger partial charge in [-0.3, -0.25) is 14.9 Å². The van der Waals surface area contributed by atoms with Gasteiger partial charge in [-0.25, -0.2) is 4.98 Å². The van der Waals surface area contributed by atoms with Crippen molar-refractivity contribution < 1.29 is 14.5 Å². The van der Waals surface area contributed by atoms with Crippen LogP contribution in [0.1, 0.15) is 10.4 Å². The number of hydrogen-bond acceptors (Lipinski definition) is 5. The third-order valence-electron chi connectivity index (χ3n) is 2.59. The minimum atomic E-state index is -0.691. The molecule has 2 rings (SSSR count). The maximum Gasteiger partial charge on any atom is 0.319 e. The van der Waals surface area contributed by atoms with Crippen LogP contribution in [0.5, 0.6) is 0 Å². The first-order valence-corrected chi connectivity index (χ1v) is 5.65. The number of nitrogens with zero attached hydrogens (tertiary/aromatic N) is 3. The maximum absolute atomic E-state index is 12.2. The quantitative estimate of drug-likeness (QED) is 0.457. The molecule has 7 nitrogen and oxygen atoms in total. The summed E-state index contributed by atoms with van der Waals surface area (Å²) in [5.74, 6) is -0.422. The number of hydrogen-bond donors (Lipinski definition) is 0. The summed E-state index contributed by atoms with van der Waals surface area (Å²) in [5.41, 5.74) is -0.488. The highest BCUT2D eigenvalue weighted by atomic mass is 35.5. The van der Waals surface area contributed by atoms with Crippen LogP contribution in [-0.2, 0) is 4.74 Å². The smallest absolute Gasteiger partial charge is 0.319 e. The van der Waals surface area contributed by atoms with Crippen LogP contribution in [0.25, 0.3) is 0 Å². The molecule has 0 atom stereocenters. The number of aromatic nitrogens is 1. The average molecular weight is 272 g/mol. The van der Waals surface area contributed by atoms with E-state index >= 15 is 0 Å². The Hall–Kier alpha value is -1.73. The van der Waals surface area contributed by atoms with Gasteiger partial charge < -0.3 is 9.64 Å². The summed E-state index contributed by atoms with van der Waals surface area (Å²) in [6.07, 6.45) is 1.28. The first-order chi connectivity index (χ1) is 8.61. The van der Waals surface area contributed by atoms with Crippen molar-refractivity contribution in [1.29, 1.82) is 0 Å². The van der Waals surface area contributed by atoms with Crippen molar-refractivity contribution in [2.75, 3.05) is 26.3 Å². The topological polar surface area (TPSA) is 85.6 Å². The summed E-state index contributed by atoms with van der Waals surface area (Å²) in [5, 5.41) is 10.6. The second-order valence-electron chi connectivity index (χ2n) is 3.66. The summed E-state index contributed by atoms with van der Waals surface area (Å²) in [4.78, 5) is 27.5. The highest BCUT2D eigenvalue weighted by Gasteiger charge is 2.28.